The summed E-state index contributed by atoms with van der Waals surface area (Å²) in [4.78, 5) is 35.1. The molecule has 0 fully saturated rings. The number of carbonyl (C=O) groups is 2. The van der Waals surface area contributed by atoms with Crippen molar-refractivity contribution in [2.24, 2.45) is 5.10 Å². The molecular formula is C26H21BrN4O7. The van der Waals surface area contributed by atoms with Crippen LogP contribution in [0.5, 0.6) is 11.5 Å². The molecule has 1 aromatic heterocycles. The van der Waals surface area contributed by atoms with Crippen molar-refractivity contribution in [2.45, 2.75) is 6.92 Å². The molecule has 0 unspecified atom stereocenters. The van der Waals surface area contributed by atoms with Crippen LogP contribution in [0.25, 0.3) is 11.0 Å². The highest BCUT2D eigenvalue weighted by Crippen LogP contribution is 2.36. The number of halogens is 1. The van der Waals surface area contributed by atoms with Gasteiger partial charge in [0.1, 0.15) is 5.58 Å². The van der Waals surface area contributed by atoms with Crippen molar-refractivity contribution in [3.8, 4) is 11.5 Å². The minimum absolute atomic E-state index is 0.0518. The lowest BCUT2D eigenvalue weighted by Gasteiger charge is -2.13. The number of furan rings is 1. The van der Waals surface area contributed by atoms with E-state index in [1.54, 1.807) is 24.3 Å². The van der Waals surface area contributed by atoms with E-state index in [0.717, 1.165) is 5.56 Å². The highest BCUT2D eigenvalue weighted by Gasteiger charge is 2.16. The van der Waals surface area contributed by atoms with E-state index in [-0.39, 0.29) is 24.0 Å². The summed E-state index contributed by atoms with van der Waals surface area (Å²) in [5, 5.41) is 18.0. The van der Waals surface area contributed by atoms with Gasteiger partial charge < -0.3 is 19.2 Å². The van der Waals surface area contributed by atoms with Crippen LogP contribution in [0.15, 0.2) is 74.7 Å². The van der Waals surface area contributed by atoms with Gasteiger partial charge in [0.05, 0.1) is 22.7 Å². The van der Waals surface area contributed by atoms with E-state index < -0.39 is 10.8 Å². The average Bonchev–Trinajstić information content (AvgIpc) is 3.33. The molecule has 0 radical (unpaired) electrons. The number of benzene rings is 3. The van der Waals surface area contributed by atoms with E-state index in [2.05, 4.69) is 31.8 Å². The first kappa shape index (κ1) is 26.4. The Hall–Kier alpha value is -4.71. The van der Waals surface area contributed by atoms with Gasteiger partial charge >= 0.3 is 5.91 Å². The summed E-state index contributed by atoms with van der Waals surface area (Å²) < 4.78 is 17.0. The predicted octanol–water partition coefficient (Wildman–Crippen LogP) is 5.20. The molecule has 0 saturated heterocycles. The number of carbonyl (C=O) groups excluding carboxylic acids is 2. The molecule has 0 atom stereocenters. The zero-order valence-electron chi connectivity index (χ0n) is 20.2. The normalized spacial score (nSPS) is 10.9. The van der Waals surface area contributed by atoms with Crippen molar-refractivity contribution < 1.29 is 28.4 Å². The van der Waals surface area contributed by atoms with Gasteiger partial charge in [-0.1, -0.05) is 17.7 Å². The predicted molar refractivity (Wildman–Crippen MR) is 144 cm³/mol. The van der Waals surface area contributed by atoms with Crippen LogP contribution in [0.1, 0.15) is 21.7 Å². The van der Waals surface area contributed by atoms with Gasteiger partial charge in [-0.05, 0) is 64.8 Å². The van der Waals surface area contributed by atoms with Gasteiger partial charge in [0.15, 0.2) is 23.9 Å². The van der Waals surface area contributed by atoms with E-state index in [4.69, 9.17) is 13.9 Å². The van der Waals surface area contributed by atoms with Crippen LogP contribution < -0.4 is 20.2 Å². The number of nitro benzene ring substituents is 1. The number of fused-ring (bicyclic) bond motifs is 1. The molecule has 0 spiro atoms. The molecule has 2 N–H and O–H groups in total. The zero-order valence-corrected chi connectivity index (χ0v) is 21.8. The number of nitro groups is 1. The summed E-state index contributed by atoms with van der Waals surface area (Å²) in [5.41, 5.74) is 4.88. The maximum atomic E-state index is 12.4. The maximum absolute atomic E-state index is 12.4. The molecule has 194 valence electrons. The van der Waals surface area contributed by atoms with E-state index >= 15 is 0 Å². The average molecular weight is 581 g/mol. The van der Waals surface area contributed by atoms with Gasteiger partial charge in [-0.2, -0.15) is 5.10 Å². The smallest absolute Gasteiger partial charge is 0.307 e. The number of nitrogens with zero attached hydrogens (tertiary/aromatic N) is 2. The van der Waals surface area contributed by atoms with Crippen molar-refractivity contribution in [2.75, 3.05) is 19.0 Å². The van der Waals surface area contributed by atoms with Crippen molar-refractivity contribution in [3.63, 3.8) is 0 Å². The molecule has 0 aliphatic heterocycles. The van der Waals surface area contributed by atoms with Gasteiger partial charge in [0, 0.05) is 23.2 Å². The number of nitrogens with one attached hydrogen (secondary N) is 2. The summed E-state index contributed by atoms with van der Waals surface area (Å²) in [7, 11) is 1.45. The van der Waals surface area contributed by atoms with E-state index in [0.29, 0.717) is 38.2 Å². The Morgan fingerprint density at radius 3 is 2.61 bits per heavy atom. The molecule has 11 nitrogen and oxygen atoms in total. The fourth-order valence-corrected chi connectivity index (χ4v) is 3.98. The number of hydrazone groups is 1. The van der Waals surface area contributed by atoms with Crippen LogP contribution in [0, 0.1) is 17.0 Å². The van der Waals surface area contributed by atoms with Gasteiger partial charge in [-0.25, -0.2) is 5.43 Å². The first-order chi connectivity index (χ1) is 18.2. The molecule has 0 saturated carbocycles. The number of amides is 2. The van der Waals surface area contributed by atoms with Crippen LogP contribution in [0.3, 0.4) is 0 Å². The Bertz CT molecular complexity index is 1550. The molecule has 0 aliphatic carbocycles. The molecule has 12 heteroatoms. The van der Waals surface area contributed by atoms with Crippen LogP contribution >= 0.6 is 15.9 Å². The number of aryl methyl sites for hydroxylation is 1. The standard InChI is InChI=1S/C26H21BrN4O7/c1-15-3-5-18(6-4-15)29-24(32)14-37-25-20(27)9-16(10-22(25)36-2)13-28-30-26(33)23-12-17-11-19(31(34)35)7-8-21(17)38-23/h3-13H,14H2,1-2H3,(H,29,32)(H,30,33)/b28-13+. The maximum Gasteiger partial charge on any atom is 0.307 e. The van der Waals surface area contributed by atoms with Crippen LogP contribution in [-0.2, 0) is 4.79 Å². The lowest BCUT2D eigenvalue weighted by atomic mass is 10.2. The van der Waals surface area contributed by atoms with E-state index in [9.17, 15) is 19.7 Å². The number of non-ortho nitro benzene ring substituents is 1. The van der Waals surface area contributed by atoms with Gasteiger partial charge in [0.25, 0.3) is 11.6 Å². The highest BCUT2D eigenvalue weighted by molar-refractivity contribution is 9.10. The lowest BCUT2D eigenvalue weighted by molar-refractivity contribution is -0.384. The SMILES string of the molecule is COc1cc(/C=N/NC(=O)c2cc3cc([N+](=O)[O-])ccc3o2)cc(Br)c1OCC(=O)Nc1ccc(C)cc1. The van der Waals surface area contributed by atoms with Crippen molar-refractivity contribution in [3.05, 3.63) is 92.1 Å². The van der Waals surface area contributed by atoms with Crippen molar-refractivity contribution in [1.82, 2.24) is 5.43 Å². The van der Waals surface area contributed by atoms with Crippen LogP contribution in [0.2, 0.25) is 0 Å². The third-order valence-electron chi connectivity index (χ3n) is 5.25. The highest BCUT2D eigenvalue weighted by atomic mass is 79.9. The number of hydrogen-bond acceptors (Lipinski definition) is 8. The molecule has 3 aromatic carbocycles. The van der Waals surface area contributed by atoms with Gasteiger partial charge in [-0.3, -0.25) is 19.7 Å². The van der Waals surface area contributed by atoms with Crippen molar-refractivity contribution >= 4 is 56.3 Å². The number of methoxy groups -OCH3 is 1. The Labute approximate surface area is 224 Å². The second kappa shape index (κ2) is 11.6. The largest absolute Gasteiger partial charge is 0.493 e. The third-order valence-corrected chi connectivity index (χ3v) is 5.84. The Kier molecular flexibility index (Phi) is 8.02. The van der Waals surface area contributed by atoms with Gasteiger partial charge in [0.2, 0.25) is 0 Å². The molecule has 4 rings (SSSR count). The summed E-state index contributed by atoms with van der Waals surface area (Å²) >= 11 is 3.41. The molecule has 2 amide bonds. The number of ether oxygens (including phenoxy) is 2. The Morgan fingerprint density at radius 2 is 1.89 bits per heavy atom. The fourth-order valence-electron chi connectivity index (χ4n) is 3.40. The molecule has 38 heavy (non-hydrogen) atoms. The first-order valence-corrected chi connectivity index (χ1v) is 11.9. The third kappa shape index (κ3) is 6.34. The Morgan fingerprint density at radius 1 is 1.13 bits per heavy atom. The number of rotatable bonds is 9. The van der Waals surface area contributed by atoms with Crippen LogP contribution in [-0.4, -0.2) is 36.7 Å². The molecule has 0 bridgehead atoms. The van der Waals surface area contributed by atoms with E-state index in [1.165, 1.54) is 37.6 Å². The second-order valence-corrected chi connectivity index (χ2v) is 8.88. The fraction of sp³-hybridized carbons (Fsp3) is 0.115. The Balaban J connectivity index is 1.39. The van der Waals surface area contributed by atoms with Crippen molar-refractivity contribution in [1.29, 1.82) is 0 Å². The van der Waals surface area contributed by atoms with Gasteiger partial charge in [-0.15, -0.1) is 0 Å². The number of anilines is 1. The lowest BCUT2D eigenvalue weighted by Crippen LogP contribution is -2.20. The summed E-state index contributed by atoms with van der Waals surface area (Å²) in [6.07, 6.45) is 1.38. The monoisotopic (exact) mass is 580 g/mol. The summed E-state index contributed by atoms with van der Waals surface area (Å²) in [5.74, 6) is -0.357. The molecule has 4 aromatic rings. The topological polar surface area (TPSA) is 145 Å². The summed E-state index contributed by atoms with van der Waals surface area (Å²) in [6, 6.07) is 16.1. The number of hydrogen-bond donors (Lipinski definition) is 2. The second-order valence-electron chi connectivity index (χ2n) is 8.03. The zero-order chi connectivity index (χ0) is 27.2. The minimum atomic E-state index is -0.634. The summed E-state index contributed by atoms with van der Waals surface area (Å²) in [6.45, 7) is 1.71. The first-order valence-electron chi connectivity index (χ1n) is 11.1. The minimum Gasteiger partial charge on any atom is -0.493 e. The quantitative estimate of drug-likeness (QED) is 0.157. The molecular weight excluding hydrogens is 560 g/mol. The molecule has 1 heterocycles. The van der Waals surface area contributed by atoms with Crippen LogP contribution in [0.4, 0.5) is 11.4 Å². The van der Waals surface area contributed by atoms with E-state index in [1.807, 2.05) is 19.1 Å². The molecule has 0 aliphatic rings.